The van der Waals surface area contributed by atoms with E-state index in [1.807, 2.05) is 0 Å². The summed E-state index contributed by atoms with van der Waals surface area (Å²) >= 11 is 0. The summed E-state index contributed by atoms with van der Waals surface area (Å²) in [6, 6.07) is 0. The van der Waals surface area contributed by atoms with Gasteiger partial charge in [0.25, 0.3) is 0 Å². The zero-order valence-electron chi connectivity index (χ0n) is 13.0. The molecule has 0 aromatic rings. The minimum absolute atomic E-state index is 0.0171. The third-order valence-electron chi connectivity index (χ3n) is 2.90. The van der Waals surface area contributed by atoms with Crippen LogP contribution >= 0.6 is 0 Å². The van der Waals surface area contributed by atoms with Crippen molar-refractivity contribution in [2.24, 2.45) is 5.92 Å². The van der Waals surface area contributed by atoms with E-state index in [0.717, 1.165) is 0 Å². The maximum atomic E-state index is 12.0. The van der Waals surface area contributed by atoms with Crippen molar-refractivity contribution >= 4 is 17.9 Å². The Morgan fingerprint density at radius 2 is 1.48 bits per heavy atom. The van der Waals surface area contributed by atoms with Crippen LogP contribution in [0, 0.1) is 5.92 Å². The van der Waals surface area contributed by atoms with Gasteiger partial charge in [0, 0.05) is 0 Å². The number of carbonyl (C=O) groups excluding carboxylic acids is 3. The number of carbonyl (C=O) groups is 3. The Hall–Kier alpha value is -1.63. The Kier molecular flexibility index (Phi) is 8.61. The predicted molar refractivity (Wildman–Crippen MR) is 73.2 cm³/mol. The van der Waals surface area contributed by atoms with Crippen molar-refractivity contribution in [2.75, 3.05) is 19.8 Å². The molecule has 0 rings (SSSR count). The Morgan fingerprint density at radius 3 is 1.90 bits per heavy atom. The molecule has 0 saturated heterocycles. The van der Waals surface area contributed by atoms with E-state index in [2.05, 4.69) is 0 Å². The van der Waals surface area contributed by atoms with Gasteiger partial charge in [0.15, 0.2) is 5.60 Å². The molecule has 0 saturated carbocycles. The summed E-state index contributed by atoms with van der Waals surface area (Å²) in [4.78, 5) is 35.6. The highest BCUT2D eigenvalue weighted by atomic mass is 16.6. The number of hydrogen-bond donors (Lipinski definition) is 1. The molecular weight excluding hydrogens is 280 g/mol. The highest BCUT2D eigenvalue weighted by molar-refractivity contribution is 5.91. The molecule has 0 aliphatic rings. The Labute approximate surface area is 124 Å². The first-order valence-electron chi connectivity index (χ1n) is 7.09. The van der Waals surface area contributed by atoms with Crippen LogP contribution in [0.25, 0.3) is 0 Å². The molecule has 1 N–H and O–H groups in total. The summed E-state index contributed by atoms with van der Waals surface area (Å²) in [5, 5.41) is 10.6. The lowest BCUT2D eigenvalue weighted by atomic mass is 9.82. The summed E-state index contributed by atoms with van der Waals surface area (Å²) in [6.07, 6.45) is -0.537. The van der Waals surface area contributed by atoms with Crippen LogP contribution in [0.5, 0.6) is 0 Å². The van der Waals surface area contributed by atoms with Crippen molar-refractivity contribution in [1.29, 1.82) is 0 Å². The van der Waals surface area contributed by atoms with E-state index in [4.69, 9.17) is 14.2 Å². The normalized spacial score (nSPS) is 14.7. The maximum absolute atomic E-state index is 12.0. The average Bonchev–Trinajstić information content (AvgIpc) is 2.40. The van der Waals surface area contributed by atoms with E-state index in [9.17, 15) is 19.5 Å². The lowest BCUT2D eigenvalue weighted by Gasteiger charge is -2.31. The number of esters is 3. The fourth-order valence-electron chi connectivity index (χ4n) is 1.97. The van der Waals surface area contributed by atoms with Crippen LogP contribution in [-0.2, 0) is 28.6 Å². The lowest BCUT2D eigenvalue weighted by molar-refractivity contribution is -0.186. The first-order chi connectivity index (χ1) is 9.87. The zero-order chi connectivity index (χ0) is 16.5. The fourth-order valence-corrected chi connectivity index (χ4v) is 1.97. The van der Waals surface area contributed by atoms with Gasteiger partial charge in [0.2, 0.25) is 0 Å². The van der Waals surface area contributed by atoms with E-state index in [0.29, 0.717) is 0 Å². The second-order valence-electron chi connectivity index (χ2n) is 4.34. The van der Waals surface area contributed by atoms with Crippen LogP contribution in [-0.4, -0.2) is 48.4 Å². The molecule has 21 heavy (non-hydrogen) atoms. The number of ether oxygens (including phenoxy) is 3. The van der Waals surface area contributed by atoms with Crippen LogP contribution in [0.2, 0.25) is 0 Å². The summed E-state index contributed by atoms with van der Waals surface area (Å²) in [6.45, 7) is 6.61. The number of hydrogen-bond acceptors (Lipinski definition) is 7. The molecule has 7 heteroatoms. The molecule has 122 valence electrons. The molecule has 0 spiro atoms. The average molecular weight is 304 g/mol. The van der Waals surface area contributed by atoms with Gasteiger partial charge >= 0.3 is 17.9 Å². The third kappa shape index (κ3) is 5.34. The molecular formula is C14H24O7. The van der Waals surface area contributed by atoms with Crippen molar-refractivity contribution in [3.63, 3.8) is 0 Å². The number of rotatable bonds is 9. The monoisotopic (exact) mass is 304 g/mol. The van der Waals surface area contributed by atoms with Crippen molar-refractivity contribution in [2.45, 2.75) is 46.1 Å². The molecule has 0 aromatic heterocycles. The fraction of sp³-hybridized carbons (Fsp3) is 0.786. The standard InChI is InChI=1S/C14H24O7/c1-5-10(12(16)20-7-3)14(18,13(17)21-8-4)9-11(15)19-6-2/h10,18H,5-9H2,1-4H3. The minimum atomic E-state index is -2.29. The largest absolute Gasteiger partial charge is 0.466 e. The van der Waals surface area contributed by atoms with E-state index in [-0.39, 0.29) is 26.2 Å². The minimum Gasteiger partial charge on any atom is -0.466 e. The van der Waals surface area contributed by atoms with E-state index in [1.165, 1.54) is 0 Å². The van der Waals surface area contributed by atoms with Gasteiger partial charge < -0.3 is 19.3 Å². The Morgan fingerprint density at radius 1 is 0.952 bits per heavy atom. The summed E-state index contributed by atoms with van der Waals surface area (Å²) in [7, 11) is 0. The second-order valence-corrected chi connectivity index (χ2v) is 4.34. The van der Waals surface area contributed by atoms with Crippen LogP contribution < -0.4 is 0 Å². The first-order valence-corrected chi connectivity index (χ1v) is 7.09. The van der Waals surface area contributed by atoms with Gasteiger partial charge in [-0.05, 0) is 27.2 Å². The van der Waals surface area contributed by atoms with Crippen molar-refractivity contribution in [3.8, 4) is 0 Å². The molecule has 0 aliphatic carbocycles. The summed E-state index contributed by atoms with van der Waals surface area (Å²) in [5.41, 5.74) is -2.29. The van der Waals surface area contributed by atoms with Crippen molar-refractivity contribution in [1.82, 2.24) is 0 Å². The first kappa shape index (κ1) is 19.4. The molecule has 0 aliphatic heterocycles. The molecule has 7 nitrogen and oxygen atoms in total. The lowest BCUT2D eigenvalue weighted by Crippen LogP contribution is -2.52. The van der Waals surface area contributed by atoms with Gasteiger partial charge in [-0.25, -0.2) is 4.79 Å². The number of aliphatic hydroxyl groups is 1. The Balaban J connectivity index is 5.39. The van der Waals surface area contributed by atoms with Crippen molar-refractivity contribution < 1.29 is 33.7 Å². The van der Waals surface area contributed by atoms with Gasteiger partial charge in [0.05, 0.1) is 32.2 Å². The predicted octanol–water partition coefficient (Wildman–Crippen LogP) is 0.823. The molecule has 2 atom stereocenters. The van der Waals surface area contributed by atoms with Gasteiger partial charge in [0.1, 0.15) is 0 Å². The Bertz CT molecular complexity index is 366. The third-order valence-corrected chi connectivity index (χ3v) is 2.90. The highest BCUT2D eigenvalue weighted by Gasteiger charge is 2.50. The highest BCUT2D eigenvalue weighted by Crippen LogP contribution is 2.28. The van der Waals surface area contributed by atoms with Gasteiger partial charge in [-0.1, -0.05) is 6.92 Å². The van der Waals surface area contributed by atoms with E-state index >= 15 is 0 Å². The van der Waals surface area contributed by atoms with Crippen LogP contribution in [0.3, 0.4) is 0 Å². The molecule has 0 radical (unpaired) electrons. The summed E-state index contributed by atoms with van der Waals surface area (Å²) in [5.74, 6) is -3.76. The smallest absolute Gasteiger partial charge is 0.339 e. The second kappa shape index (κ2) is 9.33. The van der Waals surface area contributed by atoms with Gasteiger partial charge in [-0.2, -0.15) is 0 Å². The molecule has 0 aromatic carbocycles. The molecule has 0 heterocycles. The maximum Gasteiger partial charge on any atom is 0.339 e. The van der Waals surface area contributed by atoms with Crippen LogP contribution in [0.4, 0.5) is 0 Å². The SMILES string of the molecule is CCOC(=O)CC(O)(C(=O)OCC)C(CC)C(=O)OCC. The zero-order valence-corrected chi connectivity index (χ0v) is 13.0. The topological polar surface area (TPSA) is 99.1 Å². The summed E-state index contributed by atoms with van der Waals surface area (Å²) < 4.78 is 14.4. The van der Waals surface area contributed by atoms with Gasteiger partial charge in [-0.15, -0.1) is 0 Å². The molecule has 0 bridgehead atoms. The van der Waals surface area contributed by atoms with E-state index in [1.54, 1.807) is 27.7 Å². The van der Waals surface area contributed by atoms with Crippen molar-refractivity contribution in [3.05, 3.63) is 0 Å². The molecule has 0 amide bonds. The van der Waals surface area contributed by atoms with Crippen LogP contribution in [0.15, 0.2) is 0 Å². The van der Waals surface area contributed by atoms with E-state index < -0.39 is 35.8 Å². The van der Waals surface area contributed by atoms with Gasteiger partial charge in [-0.3, -0.25) is 9.59 Å². The quantitative estimate of drug-likeness (QED) is 0.497. The molecule has 0 fully saturated rings. The van der Waals surface area contributed by atoms with Crippen LogP contribution in [0.1, 0.15) is 40.5 Å². The molecule has 2 unspecified atom stereocenters.